The molecule has 0 fully saturated rings. The van der Waals surface area contributed by atoms with Crippen LogP contribution in [0.1, 0.15) is 28.6 Å². The highest BCUT2D eigenvalue weighted by atomic mass is 16.5. The Morgan fingerprint density at radius 3 is 2.53 bits per heavy atom. The molecule has 1 amide bonds. The van der Waals surface area contributed by atoms with Gasteiger partial charge in [-0.2, -0.15) is 0 Å². The zero-order valence-electron chi connectivity index (χ0n) is 10.4. The average molecular weight is 240 g/mol. The third-order valence-corrected chi connectivity index (χ3v) is 2.32. The highest BCUT2D eigenvalue weighted by Gasteiger charge is 2.20. The largest absolute Gasteiger partial charge is 0.469 e. The van der Waals surface area contributed by atoms with E-state index in [0.717, 1.165) is 0 Å². The second-order valence-electron chi connectivity index (χ2n) is 3.70. The number of rotatable bonds is 4. The third kappa shape index (κ3) is 3.30. The smallest absolute Gasteiger partial charge is 0.307 e. The Kier molecular flexibility index (Phi) is 4.25. The van der Waals surface area contributed by atoms with Gasteiger partial charge in [0.25, 0.3) is 5.91 Å². The molecule has 0 aliphatic carbocycles. The van der Waals surface area contributed by atoms with Crippen LogP contribution in [0.3, 0.4) is 0 Å². The van der Waals surface area contributed by atoms with Gasteiger partial charge in [0.15, 0.2) is 5.89 Å². The Morgan fingerprint density at radius 1 is 1.41 bits per heavy atom. The summed E-state index contributed by atoms with van der Waals surface area (Å²) in [6.07, 6.45) is 0.158. The van der Waals surface area contributed by atoms with Crippen molar-refractivity contribution in [1.82, 2.24) is 9.88 Å². The van der Waals surface area contributed by atoms with Gasteiger partial charge >= 0.3 is 5.97 Å². The highest BCUT2D eigenvalue weighted by molar-refractivity contribution is 5.92. The second kappa shape index (κ2) is 5.47. The summed E-state index contributed by atoms with van der Waals surface area (Å²) < 4.78 is 9.71. The second-order valence-corrected chi connectivity index (χ2v) is 3.70. The fourth-order valence-electron chi connectivity index (χ4n) is 1.37. The van der Waals surface area contributed by atoms with E-state index < -0.39 is 0 Å². The lowest BCUT2D eigenvalue weighted by molar-refractivity contribution is -0.140. The summed E-state index contributed by atoms with van der Waals surface area (Å²) in [4.78, 5) is 28.3. The van der Waals surface area contributed by atoms with E-state index in [2.05, 4.69) is 9.72 Å². The Hall–Kier alpha value is -1.85. The minimum absolute atomic E-state index is 0.158. The van der Waals surface area contributed by atoms with E-state index in [-0.39, 0.29) is 30.6 Å². The zero-order valence-corrected chi connectivity index (χ0v) is 10.4. The van der Waals surface area contributed by atoms with Crippen LogP contribution in [0.25, 0.3) is 0 Å². The number of aryl methyl sites for hydroxylation is 2. The van der Waals surface area contributed by atoms with Crippen molar-refractivity contribution in [2.45, 2.75) is 20.3 Å². The van der Waals surface area contributed by atoms with Crippen molar-refractivity contribution < 1.29 is 18.7 Å². The first-order valence-electron chi connectivity index (χ1n) is 5.22. The number of ether oxygens (including phenoxy) is 1. The van der Waals surface area contributed by atoms with E-state index in [0.29, 0.717) is 11.6 Å². The molecule has 1 aromatic rings. The van der Waals surface area contributed by atoms with Gasteiger partial charge in [-0.3, -0.25) is 9.59 Å². The van der Waals surface area contributed by atoms with Gasteiger partial charge in [0, 0.05) is 20.5 Å². The van der Waals surface area contributed by atoms with Crippen LogP contribution in [0, 0.1) is 13.8 Å². The summed E-state index contributed by atoms with van der Waals surface area (Å²) in [6, 6.07) is 0. The first-order chi connectivity index (χ1) is 7.95. The molecule has 0 atom stereocenters. The molecule has 0 saturated carbocycles. The maximum Gasteiger partial charge on any atom is 0.307 e. The van der Waals surface area contributed by atoms with Crippen LogP contribution in [0.5, 0.6) is 0 Å². The normalized spacial score (nSPS) is 10.1. The Bertz CT molecular complexity index is 425. The van der Waals surface area contributed by atoms with Gasteiger partial charge in [-0.05, 0) is 6.92 Å². The molecule has 0 aromatic carbocycles. The highest BCUT2D eigenvalue weighted by Crippen LogP contribution is 2.11. The van der Waals surface area contributed by atoms with Crippen molar-refractivity contribution in [3.63, 3.8) is 0 Å². The Labute approximate surface area is 99.6 Å². The molecule has 0 aliphatic rings. The molecule has 1 rings (SSSR count). The maximum absolute atomic E-state index is 11.9. The van der Waals surface area contributed by atoms with Crippen molar-refractivity contribution >= 4 is 11.9 Å². The van der Waals surface area contributed by atoms with Crippen LogP contribution in [-0.4, -0.2) is 42.5 Å². The Balaban J connectivity index is 2.64. The van der Waals surface area contributed by atoms with E-state index in [9.17, 15) is 9.59 Å². The van der Waals surface area contributed by atoms with E-state index in [1.165, 1.54) is 12.0 Å². The summed E-state index contributed by atoms with van der Waals surface area (Å²) in [5.74, 6) is 0.0317. The molecule has 0 saturated heterocycles. The lowest BCUT2D eigenvalue weighted by Gasteiger charge is -2.14. The molecule has 1 aromatic heterocycles. The number of carbonyl (C=O) groups excluding carboxylic acids is 2. The van der Waals surface area contributed by atoms with Crippen LogP contribution in [0.4, 0.5) is 0 Å². The van der Waals surface area contributed by atoms with Crippen molar-refractivity contribution in [2.24, 2.45) is 0 Å². The number of oxazole rings is 1. The van der Waals surface area contributed by atoms with Gasteiger partial charge in [0.05, 0.1) is 19.2 Å². The summed E-state index contributed by atoms with van der Waals surface area (Å²) in [7, 11) is 2.91. The van der Waals surface area contributed by atoms with Crippen molar-refractivity contribution in [1.29, 1.82) is 0 Å². The average Bonchev–Trinajstić information content (AvgIpc) is 2.63. The molecule has 0 N–H and O–H groups in total. The summed E-state index contributed by atoms with van der Waals surface area (Å²) in [5, 5.41) is 0. The summed E-state index contributed by atoms with van der Waals surface area (Å²) in [6.45, 7) is 3.67. The number of amides is 1. The van der Waals surface area contributed by atoms with Crippen molar-refractivity contribution in [3.8, 4) is 0 Å². The van der Waals surface area contributed by atoms with Crippen LogP contribution < -0.4 is 0 Å². The maximum atomic E-state index is 11.9. The lowest BCUT2D eigenvalue weighted by Crippen LogP contribution is -2.29. The summed E-state index contributed by atoms with van der Waals surface area (Å²) in [5.41, 5.74) is 0.553. The van der Waals surface area contributed by atoms with E-state index >= 15 is 0 Å². The molecular weight excluding hydrogens is 224 g/mol. The van der Waals surface area contributed by atoms with Crippen molar-refractivity contribution in [3.05, 3.63) is 17.3 Å². The minimum atomic E-state index is -0.352. The zero-order chi connectivity index (χ0) is 13.0. The minimum Gasteiger partial charge on any atom is -0.469 e. The fourth-order valence-corrected chi connectivity index (χ4v) is 1.37. The predicted octanol–water partition coefficient (Wildman–Crippen LogP) is 0.927. The fraction of sp³-hybridized carbons (Fsp3) is 0.545. The molecule has 0 unspecified atom stereocenters. The van der Waals surface area contributed by atoms with E-state index in [4.69, 9.17) is 4.42 Å². The molecule has 0 spiro atoms. The number of methoxy groups -OCH3 is 1. The molecular formula is C11H16N2O4. The van der Waals surface area contributed by atoms with Crippen LogP contribution in [0.15, 0.2) is 4.42 Å². The molecule has 0 radical (unpaired) electrons. The topological polar surface area (TPSA) is 72.6 Å². The standard InChI is InChI=1S/C11H16N2O4/c1-7-10(17-8(2)12-7)11(15)13(3)6-5-9(14)16-4/h5-6H2,1-4H3. The number of aromatic nitrogens is 1. The number of esters is 1. The molecule has 94 valence electrons. The quantitative estimate of drug-likeness (QED) is 0.732. The number of hydrogen-bond donors (Lipinski definition) is 0. The van der Waals surface area contributed by atoms with Gasteiger partial charge < -0.3 is 14.1 Å². The SMILES string of the molecule is COC(=O)CCN(C)C(=O)c1oc(C)nc1C. The Morgan fingerprint density at radius 2 is 2.06 bits per heavy atom. The van der Waals surface area contributed by atoms with Gasteiger partial charge in [-0.25, -0.2) is 4.98 Å². The molecule has 17 heavy (non-hydrogen) atoms. The van der Waals surface area contributed by atoms with Crippen molar-refractivity contribution in [2.75, 3.05) is 20.7 Å². The van der Waals surface area contributed by atoms with Gasteiger partial charge in [-0.1, -0.05) is 0 Å². The number of hydrogen-bond acceptors (Lipinski definition) is 5. The molecule has 6 heteroatoms. The lowest BCUT2D eigenvalue weighted by atomic mass is 10.3. The molecule has 1 heterocycles. The van der Waals surface area contributed by atoms with Crippen LogP contribution >= 0.6 is 0 Å². The van der Waals surface area contributed by atoms with Gasteiger partial charge in [0.1, 0.15) is 0 Å². The van der Waals surface area contributed by atoms with Gasteiger partial charge in [-0.15, -0.1) is 0 Å². The number of nitrogens with zero attached hydrogens (tertiary/aromatic N) is 2. The monoisotopic (exact) mass is 240 g/mol. The first-order valence-corrected chi connectivity index (χ1v) is 5.22. The third-order valence-electron chi connectivity index (χ3n) is 2.32. The van der Waals surface area contributed by atoms with Gasteiger partial charge in [0.2, 0.25) is 5.76 Å². The number of carbonyl (C=O) groups is 2. The molecule has 0 aliphatic heterocycles. The van der Waals surface area contributed by atoms with Crippen LogP contribution in [-0.2, 0) is 9.53 Å². The summed E-state index contributed by atoms with van der Waals surface area (Å²) >= 11 is 0. The van der Waals surface area contributed by atoms with E-state index in [1.807, 2.05) is 0 Å². The first kappa shape index (κ1) is 13.2. The molecule has 0 bridgehead atoms. The predicted molar refractivity (Wildman–Crippen MR) is 59.6 cm³/mol. The van der Waals surface area contributed by atoms with Crippen LogP contribution in [0.2, 0.25) is 0 Å². The van der Waals surface area contributed by atoms with E-state index in [1.54, 1.807) is 20.9 Å². The molecule has 6 nitrogen and oxygen atoms in total.